The summed E-state index contributed by atoms with van der Waals surface area (Å²) in [7, 11) is 0. The Morgan fingerprint density at radius 2 is 2.00 bits per heavy atom. The maximum absolute atomic E-state index is 12.9. The fourth-order valence-electron chi connectivity index (χ4n) is 2.25. The van der Waals surface area contributed by atoms with Gasteiger partial charge in [-0.3, -0.25) is 4.98 Å². The molecular formula is C17H13F3N6O2. The number of amides is 1. The van der Waals surface area contributed by atoms with E-state index in [0.29, 0.717) is 11.4 Å². The number of carbonyl (C=O) groups excluding carboxylic acids is 1. The Balaban J connectivity index is 1.79. The number of nitrogens with one attached hydrogen (secondary N) is 1. The largest absolute Gasteiger partial charge is 0.417 e. The van der Waals surface area contributed by atoms with Crippen LogP contribution in [0, 0.1) is 0 Å². The van der Waals surface area contributed by atoms with Crippen molar-refractivity contribution in [2.24, 2.45) is 5.73 Å². The predicted octanol–water partition coefficient (Wildman–Crippen LogP) is 3.02. The summed E-state index contributed by atoms with van der Waals surface area (Å²) in [4.78, 5) is 26.6. The number of alkyl halides is 3. The molecule has 1 amide bonds. The highest BCUT2D eigenvalue weighted by Crippen LogP contribution is 2.30. The predicted molar refractivity (Wildman–Crippen MR) is 92.0 cm³/mol. The van der Waals surface area contributed by atoms with E-state index < -0.39 is 17.8 Å². The van der Waals surface area contributed by atoms with Crippen LogP contribution in [0.5, 0.6) is 5.88 Å². The number of hydrogen-bond donors (Lipinski definition) is 2. The van der Waals surface area contributed by atoms with Crippen LogP contribution in [0.2, 0.25) is 0 Å². The molecule has 3 heterocycles. The maximum atomic E-state index is 12.9. The molecule has 144 valence electrons. The van der Waals surface area contributed by atoms with Gasteiger partial charge in [0.05, 0.1) is 5.56 Å². The van der Waals surface area contributed by atoms with E-state index in [1.165, 1.54) is 24.7 Å². The van der Waals surface area contributed by atoms with Gasteiger partial charge in [0.15, 0.2) is 5.82 Å². The van der Waals surface area contributed by atoms with Crippen molar-refractivity contribution in [3.05, 3.63) is 60.2 Å². The van der Waals surface area contributed by atoms with E-state index in [0.717, 1.165) is 12.3 Å². The summed E-state index contributed by atoms with van der Waals surface area (Å²) in [6, 6.07) is 5.77. The van der Waals surface area contributed by atoms with Crippen molar-refractivity contribution in [3.63, 3.8) is 0 Å². The lowest BCUT2D eigenvalue weighted by atomic mass is 10.2. The molecule has 3 N–H and O–H groups in total. The number of nitrogens with zero attached hydrogens (tertiary/aromatic N) is 4. The molecule has 0 saturated carbocycles. The van der Waals surface area contributed by atoms with Gasteiger partial charge in [-0.15, -0.1) is 0 Å². The molecular weight excluding hydrogens is 377 g/mol. The molecule has 0 aliphatic rings. The average Bonchev–Trinajstić information content (AvgIpc) is 2.66. The number of aromatic nitrogens is 4. The Kier molecular flexibility index (Phi) is 5.34. The number of hydrogen-bond acceptors (Lipinski definition) is 7. The summed E-state index contributed by atoms with van der Waals surface area (Å²) in [6.07, 6.45) is -0.708. The lowest BCUT2D eigenvalue weighted by molar-refractivity contribution is -0.137. The Morgan fingerprint density at radius 1 is 1.18 bits per heavy atom. The van der Waals surface area contributed by atoms with Crippen molar-refractivity contribution in [1.29, 1.82) is 0 Å². The number of halogens is 3. The van der Waals surface area contributed by atoms with Crippen LogP contribution in [0.4, 0.5) is 23.8 Å². The van der Waals surface area contributed by atoms with Crippen molar-refractivity contribution >= 4 is 11.9 Å². The van der Waals surface area contributed by atoms with Crippen LogP contribution in [0.3, 0.4) is 0 Å². The quantitative estimate of drug-likeness (QED) is 0.688. The monoisotopic (exact) mass is 390 g/mol. The molecule has 0 radical (unpaired) electrons. The first-order valence-electron chi connectivity index (χ1n) is 7.83. The first-order valence-corrected chi connectivity index (χ1v) is 7.83. The van der Waals surface area contributed by atoms with Gasteiger partial charge < -0.3 is 15.8 Å². The topological polar surface area (TPSA) is 116 Å². The zero-order valence-electron chi connectivity index (χ0n) is 14.1. The smallest absolute Gasteiger partial charge is 0.391 e. The molecule has 0 spiro atoms. The molecule has 0 aromatic carbocycles. The molecule has 3 aromatic heterocycles. The summed E-state index contributed by atoms with van der Waals surface area (Å²) in [5, 5.41) is 2.96. The van der Waals surface area contributed by atoms with Gasteiger partial charge in [0, 0.05) is 42.5 Å². The van der Waals surface area contributed by atoms with Gasteiger partial charge in [0.25, 0.3) is 0 Å². The second-order valence-electron chi connectivity index (χ2n) is 5.47. The Labute approximate surface area is 156 Å². The highest BCUT2D eigenvalue weighted by Gasteiger charge is 2.31. The van der Waals surface area contributed by atoms with Gasteiger partial charge in [-0.1, -0.05) is 6.07 Å². The number of primary amides is 1. The third-order valence-electron chi connectivity index (χ3n) is 3.49. The maximum Gasteiger partial charge on any atom is 0.417 e. The highest BCUT2D eigenvalue weighted by atomic mass is 19.4. The van der Waals surface area contributed by atoms with Crippen LogP contribution in [0.25, 0.3) is 11.4 Å². The summed E-state index contributed by atoms with van der Waals surface area (Å²) < 4.78 is 43.4. The molecule has 3 rings (SSSR count). The van der Waals surface area contributed by atoms with Crippen molar-refractivity contribution in [2.45, 2.75) is 12.7 Å². The highest BCUT2D eigenvalue weighted by molar-refractivity contribution is 5.68. The number of ether oxygens (including phenoxy) is 1. The first-order chi connectivity index (χ1) is 13.3. The van der Waals surface area contributed by atoms with Gasteiger partial charge in [0.1, 0.15) is 5.82 Å². The Bertz CT molecular complexity index is 996. The zero-order chi connectivity index (χ0) is 20.1. The number of nitrogens with two attached hydrogens (primary N) is 1. The molecule has 0 bridgehead atoms. The second kappa shape index (κ2) is 7.86. The minimum atomic E-state index is -4.52. The van der Waals surface area contributed by atoms with Crippen molar-refractivity contribution in [2.75, 3.05) is 5.32 Å². The number of rotatable bonds is 5. The Hall–Kier alpha value is -3.76. The van der Waals surface area contributed by atoms with Gasteiger partial charge >= 0.3 is 12.3 Å². The lowest BCUT2D eigenvalue weighted by Gasteiger charge is -2.10. The molecule has 0 fully saturated rings. The molecule has 3 aromatic rings. The molecule has 28 heavy (non-hydrogen) atoms. The molecule has 11 heteroatoms. The lowest BCUT2D eigenvalue weighted by Crippen LogP contribution is -2.18. The van der Waals surface area contributed by atoms with E-state index in [4.69, 9.17) is 10.5 Å². The van der Waals surface area contributed by atoms with Gasteiger partial charge in [0.2, 0.25) is 5.88 Å². The van der Waals surface area contributed by atoms with E-state index in [9.17, 15) is 18.0 Å². The van der Waals surface area contributed by atoms with E-state index in [1.54, 1.807) is 12.1 Å². The molecule has 0 aliphatic carbocycles. The number of anilines is 1. The van der Waals surface area contributed by atoms with Gasteiger partial charge in [-0.2, -0.15) is 13.2 Å². The van der Waals surface area contributed by atoms with E-state index in [2.05, 4.69) is 25.3 Å². The summed E-state index contributed by atoms with van der Waals surface area (Å²) in [6.45, 7) is 0.174. The molecule has 0 saturated heterocycles. The van der Waals surface area contributed by atoms with Gasteiger partial charge in [-0.05, 0) is 18.2 Å². The summed E-state index contributed by atoms with van der Waals surface area (Å²) >= 11 is 0. The van der Waals surface area contributed by atoms with Crippen LogP contribution in [0.1, 0.15) is 11.1 Å². The van der Waals surface area contributed by atoms with E-state index in [1.807, 2.05) is 0 Å². The number of pyridine rings is 2. The van der Waals surface area contributed by atoms with Crippen molar-refractivity contribution in [3.8, 4) is 17.3 Å². The first kappa shape index (κ1) is 19.0. The van der Waals surface area contributed by atoms with Crippen LogP contribution in [-0.4, -0.2) is 26.0 Å². The van der Waals surface area contributed by atoms with Crippen molar-refractivity contribution in [1.82, 2.24) is 19.9 Å². The minimum absolute atomic E-state index is 0.0406. The summed E-state index contributed by atoms with van der Waals surface area (Å²) in [5.74, 6) is 0.457. The summed E-state index contributed by atoms with van der Waals surface area (Å²) in [5.41, 5.74) is 4.76. The van der Waals surface area contributed by atoms with E-state index >= 15 is 0 Å². The normalized spacial score (nSPS) is 11.1. The number of carbonyl (C=O) groups is 1. The fraction of sp³-hybridized carbons (Fsp3) is 0.118. The molecule has 8 nitrogen and oxygen atoms in total. The average molecular weight is 390 g/mol. The fourth-order valence-corrected chi connectivity index (χ4v) is 2.25. The van der Waals surface area contributed by atoms with Crippen molar-refractivity contribution < 1.29 is 22.7 Å². The standard InChI is InChI=1S/C17H13F3N6O2/c18-17(19,20)12-6-11(7-22-9-12)14-23-5-3-13(26-14)25-8-10-2-1-4-24-15(10)28-16(21)27/h1-7,9H,8H2,(H2,21,27)(H,23,25,26). The minimum Gasteiger partial charge on any atom is -0.391 e. The molecule has 0 atom stereocenters. The molecule has 0 aliphatic heterocycles. The third kappa shape index (κ3) is 4.69. The van der Waals surface area contributed by atoms with Gasteiger partial charge in [-0.25, -0.2) is 19.7 Å². The SMILES string of the molecule is NC(=O)Oc1ncccc1CNc1ccnc(-c2cncc(C(F)(F)F)c2)n1. The second-order valence-corrected chi connectivity index (χ2v) is 5.47. The Morgan fingerprint density at radius 3 is 2.75 bits per heavy atom. The molecule has 0 unspecified atom stereocenters. The van der Waals surface area contributed by atoms with Crippen LogP contribution in [-0.2, 0) is 12.7 Å². The van der Waals surface area contributed by atoms with Crippen LogP contribution in [0.15, 0.2) is 49.1 Å². The van der Waals surface area contributed by atoms with Crippen LogP contribution < -0.4 is 15.8 Å². The van der Waals surface area contributed by atoms with Crippen LogP contribution >= 0.6 is 0 Å². The zero-order valence-corrected chi connectivity index (χ0v) is 14.1. The third-order valence-corrected chi connectivity index (χ3v) is 3.49. The van der Waals surface area contributed by atoms with E-state index in [-0.39, 0.29) is 23.8 Å².